The van der Waals surface area contributed by atoms with Crippen LogP contribution in [0.25, 0.3) is 0 Å². The van der Waals surface area contributed by atoms with Crippen LogP contribution < -0.4 is 4.74 Å². The molecular formula is C8H10FNO. The Morgan fingerprint density at radius 3 is 2.73 bits per heavy atom. The van der Waals surface area contributed by atoms with Crippen molar-refractivity contribution >= 4 is 0 Å². The first-order chi connectivity index (χ1) is 5.18. The first-order valence-corrected chi connectivity index (χ1v) is 3.42. The Kier molecular flexibility index (Phi) is 2.41. The molecule has 0 N–H and O–H groups in total. The number of rotatable bonds is 2. The van der Waals surface area contributed by atoms with Gasteiger partial charge in [-0.2, -0.15) is 0 Å². The van der Waals surface area contributed by atoms with Crippen LogP contribution in [0.15, 0.2) is 18.3 Å². The first-order valence-electron chi connectivity index (χ1n) is 3.42. The zero-order valence-electron chi connectivity index (χ0n) is 6.54. The second kappa shape index (κ2) is 3.32. The standard InChI is InChI=1S/C8H10FNO/c1-6-3-4-8(5-10-6)11-7(2)9/h3-5,7H,1-2H3. The number of pyridine rings is 1. The van der Waals surface area contributed by atoms with E-state index in [2.05, 4.69) is 4.98 Å². The highest BCUT2D eigenvalue weighted by Gasteiger charge is 1.98. The summed E-state index contributed by atoms with van der Waals surface area (Å²) in [7, 11) is 0. The fourth-order valence-corrected chi connectivity index (χ4v) is 0.711. The minimum Gasteiger partial charge on any atom is -0.459 e. The normalized spacial score (nSPS) is 12.6. The second-order valence-electron chi connectivity index (χ2n) is 2.30. The third kappa shape index (κ3) is 2.53. The van der Waals surface area contributed by atoms with Gasteiger partial charge in [-0.25, -0.2) is 4.39 Å². The Morgan fingerprint density at radius 1 is 1.55 bits per heavy atom. The van der Waals surface area contributed by atoms with Crippen molar-refractivity contribution in [3.63, 3.8) is 0 Å². The molecular weight excluding hydrogens is 145 g/mol. The van der Waals surface area contributed by atoms with Crippen LogP contribution in [0.3, 0.4) is 0 Å². The lowest BCUT2D eigenvalue weighted by Crippen LogP contribution is -2.03. The molecule has 60 valence electrons. The van der Waals surface area contributed by atoms with E-state index in [1.807, 2.05) is 6.92 Å². The number of ether oxygens (including phenoxy) is 1. The van der Waals surface area contributed by atoms with Crippen LogP contribution in [0.1, 0.15) is 12.6 Å². The highest BCUT2D eigenvalue weighted by atomic mass is 19.1. The lowest BCUT2D eigenvalue weighted by atomic mass is 10.4. The van der Waals surface area contributed by atoms with Crippen LogP contribution in [0.2, 0.25) is 0 Å². The molecule has 0 saturated carbocycles. The summed E-state index contributed by atoms with van der Waals surface area (Å²) in [5, 5.41) is 0. The van der Waals surface area contributed by atoms with Crippen LogP contribution in [0, 0.1) is 6.92 Å². The molecule has 0 radical (unpaired) electrons. The van der Waals surface area contributed by atoms with E-state index in [4.69, 9.17) is 4.74 Å². The number of hydrogen-bond donors (Lipinski definition) is 0. The zero-order chi connectivity index (χ0) is 8.27. The van der Waals surface area contributed by atoms with Crippen LogP contribution in [0.4, 0.5) is 4.39 Å². The molecule has 1 heterocycles. The summed E-state index contributed by atoms with van der Waals surface area (Å²) in [5.74, 6) is 0.464. The van der Waals surface area contributed by atoms with Crippen molar-refractivity contribution in [2.75, 3.05) is 0 Å². The predicted molar refractivity (Wildman–Crippen MR) is 40.2 cm³/mol. The molecule has 0 fully saturated rings. The van der Waals surface area contributed by atoms with Gasteiger partial charge in [0, 0.05) is 12.6 Å². The minimum absolute atomic E-state index is 0.464. The van der Waals surface area contributed by atoms with Crippen molar-refractivity contribution in [2.45, 2.75) is 20.2 Å². The molecule has 1 aromatic rings. The van der Waals surface area contributed by atoms with E-state index in [1.54, 1.807) is 12.1 Å². The van der Waals surface area contributed by atoms with Gasteiger partial charge in [-0.05, 0) is 19.1 Å². The number of aromatic nitrogens is 1. The maximum Gasteiger partial charge on any atom is 0.235 e. The average Bonchev–Trinajstić information content (AvgIpc) is 1.93. The van der Waals surface area contributed by atoms with Gasteiger partial charge >= 0.3 is 0 Å². The lowest BCUT2D eigenvalue weighted by molar-refractivity contribution is 0.0856. The number of alkyl halides is 1. The van der Waals surface area contributed by atoms with E-state index in [0.29, 0.717) is 5.75 Å². The smallest absolute Gasteiger partial charge is 0.235 e. The summed E-state index contributed by atoms with van der Waals surface area (Å²) in [6.45, 7) is 3.20. The highest BCUT2D eigenvalue weighted by molar-refractivity contribution is 5.18. The van der Waals surface area contributed by atoms with E-state index < -0.39 is 6.36 Å². The highest BCUT2D eigenvalue weighted by Crippen LogP contribution is 2.10. The Balaban J connectivity index is 2.66. The van der Waals surface area contributed by atoms with E-state index in [9.17, 15) is 4.39 Å². The Hall–Kier alpha value is -1.12. The fourth-order valence-electron chi connectivity index (χ4n) is 0.711. The molecule has 1 rings (SSSR count). The summed E-state index contributed by atoms with van der Waals surface area (Å²) >= 11 is 0. The second-order valence-corrected chi connectivity index (χ2v) is 2.30. The molecule has 2 nitrogen and oxygen atoms in total. The van der Waals surface area contributed by atoms with Crippen molar-refractivity contribution in [1.82, 2.24) is 4.98 Å². The number of nitrogens with zero attached hydrogens (tertiary/aromatic N) is 1. The van der Waals surface area contributed by atoms with Gasteiger partial charge < -0.3 is 4.74 Å². The van der Waals surface area contributed by atoms with Gasteiger partial charge in [0.2, 0.25) is 6.36 Å². The van der Waals surface area contributed by atoms with Crippen LogP contribution >= 0.6 is 0 Å². The van der Waals surface area contributed by atoms with Gasteiger partial charge in [0.15, 0.2) is 0 Å². The quantitative estimate of drug-likeness (QED) is 0.652. The van der Waals surface area contributed by atoms with Gasteiger partial charge in [-0.15, -0.1) is 0 Å². The van der Waals surface area contributed by atoms with Gasteiger partial charge in [0.25, 0.3) is 0 Å². The van der Waals surface area contributed by atoms with Crippen molar-refractivity contribution in [1.29, 1.82) is 0 Å². The summed E-state index contributed by atoms with van der Waals surface area (Å²) in [6.07, 6.45) is 0.227. The lowest BCUT2D eigenvalue weighted by Gasteiger charge is -2.05. The monoisotopic (exact) mass is 155 g/mol. The van der Waals surface area contributed by atoms with Crippen molar-refractivity contribution in [3.05, 3.63) is 24.0 Å². The number of halogens is 1. The molecule has 0 spiro atoms. The predicted octanol–water partition coefficient (Wildman–Crippen LogP) is 2.08. The summed E-state index contributed by atoms with van der Waals surface area (Å²) < 4.78 is 17.0. The van der Waals surface area contributed by atoms with Crippen LogP contribution in [-0.2, 0) is 0 Å². The van der Waals surface area contributed by atoms with E-state index in [0.717, 1.165) is 5.69 Å². The maximum atomic E-state index is 12.2. The zero-order valence-corrected chi connectivity index (χ0v) is 6.54. The van der Waals surface area contributed by atoms with E-state index >= 15 is 0 Å². The summed E-state index contributed by atoms with van der Waals surface area (Å²) in [5.41, 5.74) is 0.892. The topological polar surface area (TPSA) is 22.1 Å². The van der Waals surface area contributed by atoms with Crippen molar-refractivity contribution in [3.8, 4) is 5.75 Å². The average molecular weight is 155 g/mol. The molecule has 0 bridgehead atoms. The van der Waals surface area contributed by atoms with Crippen molar-refractivity contribution < 1.29 is 9.13 Å². The summed E-state index contributed by atoms with van der Waals surface area (Å²) in [6, 6.07) is 3.47. The van der Waals surface area contributed by atoms with Gasteiger partial charge in [-0.1, -0.05) is 0 Å². The number of hydrogen-bond acceptors (Lipinski definition) is 2. The molecule has 0 amide bonds. The molecule has 1 unspecified atom stereocenters. The van der Waals surface area contributed by atoms with Crippen LogP contribution in [-0.4, -0.2) is 11.3 Å². The van der Waals surface area contributed by atoms with E-state index in [-0.39, 0.29) is 0 Å². The Morgan fingerprint density at radius 2 is 2.27 bits per heavy atom. The SMILES string of the molecule is Cc1ccc(OC(C)F)cn1. The van der Waals surface area contributed by atoms with E-state index in [1.165, 1.54) is 13.1 Å². The minimum atomic E-state index is -1.28. The van der Waals surface area contributed by atoms with Gasteiger partial charge in [-0.3, -0.25) is 4.98 Å². The van der Waals surface area contributed by atoms with Gasteiger partial charge in [0.1, 0.15) is 5.75 Å². The largest absolute Gasteiger partial charge is 0.459 e. The molecule has 3 heteroatoms. The maximum absolute atomic E-state index is 12.2. The Bertz CT molecular complexity index is 220. The molecule has 0 aliphatic heterocycles. The third-order valence-electron chi connectivity index (χ3n) is 1.18. The molecule has 0 aliphatic carbocycles. The first kappa shape index (κ1) is 7.98. The van der Waals surface area contributed by atoms with Crippen LogP contribution in [0.5, 0.6) is 5.75 Å². The van der Waals surface area contributed by atoms with Crippen molar-refractivity contribution in [2.24, 2.45) is 0 Å². The van der Waals surface area contributed by atoms with Gasteiger partial charge in [0.05, 0.1) is 6.20 Å². The number of aryl methyl sites for hydroxylation is 1. The Labute approximate surface area is 65.0 Å². The molecule has 0 aliphatic rings. The molecule has 11 heavy (non-hydrogen) atoms. The molecule has 1 aromatic heterocycles. The third-order valence-corrected chi connectivity index (χ3v) is 1.18. The molecule has 0 aromatic carbocycles. The summed E-state index contributed by atoms with van der Waals surface area (Å²) in [4.78, 5) is 3.94. The molecule has 0 saturated heterocycles. The fraction of sp³-hybridized carbons (Fsp3) is 0.375. The molecule has 1 atom stereocenters.